The standard InChI is InChI=1S/C16H14ClN3O3/c17-12-5-3-11(4-6-12)15-19-13-2-1-7-18-16(13)20(15)10-14(22)23-9-8-21/h1-7,21H,8-10H2. The molecule has 3 aromatic rings. The molecule has 118 valence electrons. The van der Waals surface area contributed by atoms with E-state index in [1.807, 2.05) is 18.2 Å². The molecule has 0 radical (unpaired) electrons. The summed E-state index contributed by atoms with van der Waals surface area (Å²) in [5.74, 6) is 0.149. The Morgan fingerprint density at radius 3 is 2.78 bits per heavy atom. The summed E-state index contributed by atoms with van der Waals surface area (Å²) in [4.78, 5) is 20.8. The van der Waals surface area contributed by atoms with E-state index < -0.39 is 5.97 Å². The first-order valence-corrected chi connectivity index (χ1v) is 7.40. The number of rotatable bonds is 5. The van der Waals surface area contributed by atoms with Gasteiger partial charge in [0.1, 0.15) is 24.5 Å². The number of carbonyl (C=O) groups excluding carboxylic acids is 1. The Labute approximate surface area is 137 Å². The topological polar surface area (TPSA) is 77.2 Å². The molecule has 0 fully saturated rings. The summed E-state index contributed by atoms with van der Waals surface area (Å²) in [6.45, 7) is -0.278. The Morgan fingerprint density at radius 2 is 2.04 bits per heavy atom. The monoisotopic (exact) mass is 331 g/mol. The fraction of sp³-hybridized carbons (Fsp3) is 0.188. The molecule has 2 heterocycles. The van der Waals surface area contributed by atoms with E-state index in [1.165, 1.54) is 0 Å². The number of hydrogen-bond donors (Lipinski definition) is 1. The van der Waals surface area contributed by atoms with Crippen LogP contribution < -0.4 is 0 Å². The van der Waals surface area contributed by atoms with Gasteiger partial charge in [-0.3, -0.25) is 9.36 Å². The van der Waals surface area contributed by atoms with Crippen LogP contribution in [0.25, 0.3) is 22.6 Å². The van der Waals surface area contributed by atoms with Gasteiger partial charge in [0.05, 0.1) is 6.61 Å². The number of benzene rings is 1. The molecule has 0 aliphatic rings. The van der Waals surface area contributed by atoms with Crippen molar-refractivity contribution in [2.75, 3.05) is 13.2 Å². The number of carbonyl (C=O) groups is 1. The summed E-state index contributed by atoms with van der Waals surface area (Å²) >= 11 is 5.92. The maximum atomic E-state index is 11.9. The minimum atomic E-state index is -0.459. The van der Waals surface area contributed by atoms with Gasteiger partial charge in [-0.2, -0.15) is 0 Å². The van der Waals surface area contributed by atoms with Gasteiger partial charge in [0.25, 0.3) is 0 Å². The van der Waals surface area contributed by atoms with Crippen molar-refractivity contribution in [2.45, 2.75) is 6.54 Å². The van der Waals surface area contributed by atoms with Gasteiger partial charge in [0.15, 0.2) is 5.65 Å². The molecule has 7 heteroatoms. The first kappa shape index (κ1) is 15.5. The van der Waals surface area contributed by atoms with Gasteiger partial charge < -0.3 is 9.84 Å². The van der Waals surface area contributed by atoms with Crippen molar-refractivity contribution in [3.8, 4) is 11.4 Å². The smallest absolute Gasteiger partial charge is 0.326 e. The first-order valence-electron chi connectivity index (χ1n) is 7.02. The molecule has 3 rings (SSSR count). The zero-order valence-corrected chi connectivity index (χ0v) is 12.9. The van der Waals surface area contributed by atoms with Crippen LogP contribution in [0.5, 0.6) is 0 Å². The fourth-order valence-corrected chi connectivity index (χ4v) is 2.39. The largest absolute Gasteiger partial charge is 0.462 e. The molecule has 23 heavy (non-hydrogen) atoms. The number of aliphatic hydroxyl groups excluding tert-OH is 1. The maximum absolute atomic E-state index is 11.9. The summed E-state index contributed by atoms with van der Waals surface area (Å²) in [5.41, 5.74) is 2.10. The lowest BCUT2D eigenvalue weighted by atomic mass is 10.2. The molecule has 0 amide bonds. The normalized spacial score (nSPS) is 10.9. The number of esters is 1. The fourth-order valence-electron chi connectivity index (χ4n) is 2.26. The first-order chi connectivity index (χ1) is 11.2. The molecule has 0 spiro atoms. The third-order valence-corrected chi connectivity index (χ3v) is 3.50. The Hall–Kier alpha value is -2.44. The quantitative estimate of drug-likeness (QED) is 0.726. The average Bonchev–Trinajstić information content (AvgIpc) is 2.92. The van der Waals surface area contributed by atoms with E-state index in [-0.39, 0.29) is 19.8 Å². The van der Waals surface area contributed by atoms with Crippen LogP contribution in [0.15, 0.2) is 42.6 Å². The van der Waals surface area contributed by atoms with Crippen LogP contribution in [0, 0.1) is 0 Å². The van der Waals surface area contributed by atoms with E-state index in [4.69, 9.17) is 21.4 Å². The predicted molar refractivity (Wildman–Crippen MR) is 86.0 cm³/mol. The van der Waals surface area contributed by atoms with Gasteiger partial charge in [-0.15, -0.1) is 0 Å². The van der Waals surface area contributed by atoms with Crippen molar-refractivity contribution in [2.24, 2.45) is 0 Å². The number of nitrogens with zero attached hydrogens (tertiary/aromatic N) is 3. The summed E-state index contributed by atoms with van der Waals surface area (Å²) in [6.07, 6.45) is 1.64. The molecule has 1 aromatic carbocycles. The van der Waals surface area contributed by atoms with Gasteiger partial charge in [0.2, 0.25) is 0 Å². The van der Waals surface area contributed by atoms with Crippen LogP contribution >= 0.6 is 11.6 Å². The highest BCUT2D eigenvalue weighted by molar-refractivity contribution is 6.30. The molecule has 0 aliphatic carbocycles. The van der Waals surface area contributed by atoms with E-state index in [2.05, 4.69) is 9.97 Å². The second-order valence-corrected chi connectivity index (χ2v) is 5.26. The third kappa shape index (κ3) is 3.33. The minimum Gasteiger partial charge on any atom is -0.462 e. The van der Waals surface area contributed by atoms with Crippen LogP contribution in [-0.4, -0.2) is 38.8 Å². The minimum absolute atomic E-state index is 0.0326. The van der Waals surface area contributed by atoms with Crippen molar-refractivity contribution in [3.63, 3.8) is 0 Å². The second-order valence-electron chi connectivity index (χ2n) is 4.82. The van der Waals surface area contributed by atoms with Crippen LogP contribution in [0.3, 0.4) is 0 Å². The molecular formula is C16H14ClN3O3. The molecule has 0 aliphatic heterocycles. The van der Waals surface area contributed by atoms with E-state index in [9.17, 15) is 4.79 Å². The molecule has 2 aromatic heterocycles. The summed E-state index contributed by atoms with van der Waals surface area (Å²) in [7, 11) is 0. The molecule has 0 saturated heterocycles. The summed E-state index contributed by atoms with van der Waals surface area (Å²) in [5, 5.41) is 9.37. The Morgan fingerprint density at radius 1 is 1.26 bits per heavy atom. The molecule has 1 N–H and O–H groups in total. The zero-order chi connectivity index (χ0) is 16.2. The SMILES string of the molecule is O=C(Cn1c(-c2ccc(Cl)cc2)nc2cccnc21)OCCO. The van der Waals surface area contributed by atoms with Gasteiger partial charge in [-0.05, 0) is 36.4 Å². The zero-order valence-electron chi connectivity index (χ0n) is 12.1. The number of hydrogen-bond acceptors (Lipinski definition) is 5. The van der Waals surface area contributed by atoms with E-state index in [0.717, 1.165) is 5.56 Å². The summed E-state index contributed by atoms with van der Waals surface area (Å²) < 4.78 is 6.63. The van der Waals surface area contributed by atoms with E-state index in [0.29, 0.717) is 22.0 Å². The maximum Gasteiger partial charge on any atom is 0.326 e. The highest BCUT2D eigenvalue weighted by Gasteiger charge is 2.16. The lowest BCUT2D eigenvalue weighted by molar-refractivity contribution is -0.145. The lowest BCUT2D eigenvalue weighted by Gasteiger charge is -2.08. The van der Waals surface area contributed by atoms with Crippen LogP contribution in [0.2, 0.25) is 5.02 Å². The van der Waals surface area contributed by atoms with Crippen molar-refractivity contribution < 1.29 is 14.6 Å². The molecular weight excluding hydrogens is 318 g/mol. The predicted octanol–water partition coefficient (Wildman–Crippen LogP) is 2.29. The average molecular weight is 332 g/mol. The number of aromatic nitrogens is 3. The molecule has 0 saturated carbocycles. The lowest BCUT2D eigenvalue weighted by Crippen LogP contribution is -2.16. The van der Waals surface area contributed by atoms with E-state index in [1.54, 1.807) is 29.0 Å². The third-order valence-electron chi connectivity index (χ3n) is 3.25. The highest BCUT2D eigenvalue weighted by Crippen LogP contribution is 2.25. The Kier molecular flexibility index (Phi) is 4.55. The molecule has 0 bridgehead atoms. The number of imidazole rings is 1. The van der Waals surface area contributed by atoms with Crippen LogP contribution in [0.1, 0.15) is 0 Å². The highest BCUT2D eigenvalue weighted by atomic mass is 35.5. The van der Waals surface area contributed by atoms with Gasteiger partial charge >= 0.3 is 5.97 Å². The van der Waals surface area contributed by atoms with Crippen molar-refractivity contribution in [1.29, 1.82) is 0 Å². The van der Waals surface area contributed by atoms with Crippen molar-refractivity contribution in [1.82, 2.24) is 14.5 Å². The van der Waals surface area contributed by atoms with Crippen molar-refractivity contribution >= 4 is 28.7 Å². The van der Waals surface area contributed by atoms with Crippen LogP contribution in [0.4, 0.5) is 0 Å². The van der Waals surface area contributed by atoms with Crippen LogP contribution in [-0.2, 0) is 16.1 Å². The van der Waals surface area contributed by atoms with Gasteiger partial charge in [-0.25, -0.2) is 9.97 Å². The number of pyridine rings is 1. The molecule has 0 unspecified atom stereocenters. The number of ether oxygens (including phenoxy) is 1. The molecule has 0 atom stereocenters. The number of fused-ring (bicyclic) bond motifs is 1. The van der Waals surface area contributed by atoms with E-state index >= 15 is 0 Å². The van der Waals surface area contributed by atoms with Crippen molar-refractivity contribution in [3.05, 3.63) is 47.6 Å². The Balaban J connectivity index is 2.04. The summed E-state index contributed by atoms with van der Waals surface area (Å²) in [6, 6.07) is 10.8. The van der Waals surface area contributed by atoms with Gasteiger partial charge in [-0.1, -0.05) is 11.6 Å². The second kappa shape index (κ2) is 6.76. The molecule has 6 nitrogen and oxygen atoms in total. The Bertz CT molecular complexity index is 830. The number of halogens is 1. The number of aliphatic hydroxyl groups is 1. The van der Waals surface area contributed by atoms with Gasteiger partial charge in [0, 0.05) is 16.8 Å².